The van der Waals surface area contributed by atoms with Gasteiger partial charge in [0.05, 0.1) is 12.1 Å². The highest BCUT2D eigenvalue weighted by molar-refractivity contribution is 7.22. The molecule has 0 amide bonds. The van der Waals surface area contributed by atoms with Gasteiger partial charge in [-0.05, 0) is 36.4 Å². The summed E-state index contributed by atoms with van der Waals surface area (Å²) in [5, 5.41) is 0.694. The second kappa shape index (κ2) is 7.64. The Kier molecular flexibility index (Phi) is 5.07. The van der Waals surface area contributed by atoms with Crippen LogP contribution >= 0.6 is 22.9 Å². The number of H-pyrrole nitrogens is 1. The molecule has 0 aliphatic carbocycles. The molecule has 0 aliphatic heterocycles. The predicted octanol–water partition coefficient (Wildman–Crippen LogP) is 4.94. The van der Waals surface area contributed by atoms with Gasteiger partial charge in [0, 0.05) is 16.4 Å². The van der Waals surface area contributed by atoms with Crippen LogP contribution < -0.4 is 5.56 Å². The summed E-state index contributed by atoms with van der Waals surface area (Å²) < 4.78 is 0.648. The summed E-state index contributed by atoms with van der Waals surface area (Å²) in [4.78, 5) is 23.2. The third-order valence-corrected chi connectivity index (χ3v) is 5.70. The first-order valence-corrected chi connectivity index (χ1v) is 9.79. The first-order chi connectivity index (χ1) is 13.1. The highest BCUT2D eigenvalue weighted by Gasteiger charge is 2.12. The van der Waals surface area contributed by atoms with E-state index in [0.29, 0.717) is 22.1 Å². The quantitative estimate of drug-likeness (QED) is 0.520. The van der Waals surface area contributed by atoms with Crippen LogP contribution in [0.15, 0.2) is 65.5 Å². The number of aromatic amines is 1. The van der Waals surface area contributed by atoms with E-state index < -0.39 is 0 Å². The fourth-order valence-corrected chi connectivity index (χ4v) is 4.15. The lowest BCUT2D eigenvalue weighted by molar-refractivity contribution is 0.311. The average molecular weight is 396 g/mol. The van der Waals surface area contributed by atoms with Gasteiger partial charge in [0.1, 0.15) is 10.5 Å². The number of nitrogens with one attached hydrogen (secondary N) is 1. The second-order valence-electron chi connectivity index (χ2n) is 6.50. The molecule has 0 fully saturated rings. The lowest BCUT2D eigenvalue weighted by Gasteiger charge is -2.15. The van der Waals surface area contributed by atoms with Crippen LogP contribution in [0.25, 0.3) is 20.7 Å². The second-order valence-corrected chi connectivity index (χ2v) is 7.99. The molecule has 0 bridgehead atoms. The first kappa shape index (κ1) is 17.9. The summed E-state index contributed by atoms with van der Waals surface area (Å²) in [6.45, 7) is 1.37. The number of rotatable bonds is 5. The molecule has 0 atom stereocenters. The van der Waals surface area contributed by atoms with E-state index in [1.165, 1.54) is 16.9 Å². The van der Waals surface area contributed by atoms with E-state index in [-0.39, 0.29) is 5.56 Å². The summed E-state index contributed by atoms with van der Waals surface area (Å²) in [6, 6.07) is 19.8. The largest absolute Gasteiger partial charge is 0.308 e. The molecule has 0 spiro atoms. The Hall–Kier alpha value is -2.47. The molecular weight excluding hydrogens is 378 g/mol. The molecule has 2 aromatic carbocycles. The summed E-state index contributed by atoms with van der Waals surface area (Å²) in [5.41, 5.74) is 2.90. The minimum absolute atomic E-state index is 0.0895. The fraction of sp³-hybridized carbons (Fsp3) is 0.143. The minimum Gasteiger partial charge on any atom is -0.308 e. The monoisotopic (exact) mass is 395 g/mol. The van der Waals surface area contributed by atoms with Gasteiger partial charge in [-0.2, -0.15) is 0 Å². The van der Waals surface area contributed by atoms with E-state index >= 15 is 0 Å². The van der Waals surface area contributed by atoms with E-state index in [1.807, 2.05) is 55.6 Å². The molecule has 2 aromatic heterocycles. The predicted molar refractivity (Wildman–Crippen MR) is 112 cm³/mol. The van der Waals surface area contributed by atoms with Crippen molar-refractivity contribution in [3.05, 3.63) is 87.4 Å². The van der Waals surface area contributed by atoms with Gasteiger partial charge in [-0.15, -0.1) is 11.3 Å². The third kappa shape index (κ3) is 4.11. The highest BCUT2D eigenvalue weighted by atomic mass is 35.5. The number of hydrogen-bond acceptors (Lipinski definition) is 4. The number of fused-ring (bicyclic) bond motifs is 1. The number of thiophene rings is 1. The number of nitrogens with zero attached hydrogens (tertiary/aromatic N) is 2. The van der Waals surface area contributed by atoms with Gasteiger partial charge in [-0.1, -0.05) is 54.1 Å². The zero-order chi connectivity index (χ0) is 18.8. The Bertz CT molecular complexity index is 1120. The lowest BCUT2D eigenvalue weighted by atomic mass is 10.2. The van der Waals surface area contributed by atoms with Gasteiger partial charge in [0.15, 0.2) is 0 Å². The molecule has 0 aliphatic rings. The van der Waals surface area contributed by atoms with Crippen LogP contribution in [-0.2, 0) is 13.1 Å². The summed E-state index contributed by atoms with van der Waals surface area (Å²) >= 11 is 7.41. The van der Waals surface area contributed by atoms with Crippen LogP contribution in [0.2, 0.25) is 5.02 Å². The Labute approximate surface area is 166 Å². The molecule has 27 heavy (non-hydrogen) atoms. The molecule has 4 rings (SSSR count). The Balaban J connectivity index is 1.59. The van der Waals surface area contributed by atoms with Crippen LogP contribution in [-0.4, -0.2) is 21.9 Å². The standard InChI is InChI=1S/C21H18ClN3OS/c1-25(12-14-5-3-2-4-6-14)13-19-23-17-11-18(27-20(17)21(26)24-19)15-7-9-16(22)10-8-15/h2-11H,12-13H2,1H3,(H,23,24,26). The zero-order valence-corrected chi connectivity index (χ0v) is 16.3. The van der Waals surface area contributed by atoms with Crippen molar-refractivity contribution in [1.29, 1.82) is 0 Å². The number of benzene rings is 2. The molecule has 0 radical (unpaired) electrons. The van der Waals surface area contributed by atoms with Crippen LogP contribution in [0.4, 0.5) is 0 Å². The number of aromatic nitrogens is 2. The highest BCUT2D eigenvalue weighted by Crippen LogP contribution is 2.31. The molecule has 136 valence electrons. The Morgan fingerprint density at radius 1 is 1.07 bits per heavy atom. The van der Waals surface area contributed by atoms with Gasteiger partial charge in [0.2, 0.25) is 0 Å². The summed E-state index contributed by atoms with van der Waals surface area (Å²) in [5.74, 6) is 0.673. The molecule has 4 aromatic rings. The maximum absolute atomic E-state index is 12.5. The van der Waals surface area contributed by atoms with Crippen LogP contribution in [0, 0.1) is 0 Å². The van der Waals surface area contributed by atoms with E-state index in [4.69, 9.17) is 11.6 Å². The van der Waals surface area contributed by atoms with Gasteiger partial charge in [-0.3, -0.25) is 9.69 Å². The maximum atomic E-state index is 12.5. The van der Waals surface area contributed by atoms with E-state index in [0.717, 1.165) is 22.5 Å². The molecule has 1 N–H and O–H groups in total. The molecule has 0 saturated heterocycles. The Morgan fingerprint density at radius 2 is 1.81 bits per heavy atom. The molecule has 0 unspecified atom stereocenters. The van der Waals surface area contributed by atoms with Gasteiger partial charge < -0.3 is 4.98 Å². The molecule has 4 nitrogen and oxygen atoms in total. The molecule has 6 heteroatoms. The minimum atomic E-state index is -0.0895. The smallest absolute Gasteiger partial charge is 0.268 e. The van der Waals surface area contributed by atoms with E-state index in [9.17, 15) is 4.79 Å². The van der Waals surface area contributed by atoms with Crippen molar-refractivity contribution in [3.63, 3.8) is 0 Å². The topological polar surface area (TPSA) is 49.0 Å². The fourth-order valence-electron chi connectivity index (χ4n) is 3.03. The average Bonchev–Trinajstić information content (AvgIpc) is 3.08. The maximum Gasteiger partial charge on any atom is 0.268 e. The van der Waals surface area contributed by atoms with Crippen molar-refractivity contribution >= 4 is 33.2 Å². The summed E-state index contributed by atoms with van der Waals surface area (Å²) in [7, 11) is 2.02. The third-order valence-electron chi connectivity index (χ3n) is 4.28. The molecule has 2 heterocycles. The van der Waals surface area contributed by atoms with Gasteiger partial charge >= 0.3 is 0 Å². The van der Waals surface area contributed by atoms with Gasteiger partial charge in [-0.25, -0.2) is 4.98 Å². The normalized spacial score (nSPS) is 11.4. The van der Waals surface area contributed by atoms with Crippen molar-refractivity contribution in [2.24, 2.45) is 0 Å². The van der Waals surface area contributed by atoms with Crippen molar-refractivity contribution in [2.75, 3.05) is 7.05 Å². The lowest BCUT2D eigenvalue weighted by Crippen LogP contribution is -2.21. The first-order valence-electron chi connectivity index (χ1n) is 8.59. The van der Waals surface area contributed by atoms with Crippen LogP contribution in [0.1, 0.15) is 11.4 Å². The van der Waals surface area contributed by atoms with Crippen LogP contribution in [0.5, 0.6) is 0 Å². The number of hydrogen-bond donors (Lipinski definition) is 1. The van der Waals surface area contributed by atoms with E-state index in [2.05, 4.69) is 27.0 Å². The van der Waals surface area contributed by atoms with Crippen molar-refractivity contribution < 1.29 is 0 Å². The summed E-state index contributed by atoms with van der Waals surface area (Å²) in [6.07, 6.45) is 0. The molecular formula is C21H18ClN3OS. The van der Waals surface area contributed by atoms with Crippen LogP contribution in [0.3, 0.4) is 0 Å². The van der Waals surface area contributed by atoms with E-state index in [1.54, 1.807) is 0 Å². The SMILES string of the molecule is CN(Cc1ccccc1)Cc1nc2cc(-c3ccc(Cl)cc3)sc2c(=O)[nH]1. The van der Waals surface area contributed by atoms with Gasteiger partial charge in [0.25, 0.3) is 5.56 Å². The number of halogens is 1. The van der Waals surface area contributed by atoms with Crippen molar-refractivity contribution in [1.82, 2.24) is 14.9 Å². The van der Waals surface area contributed by atoms with Crippen molar-refractivity contribution in [2.45, 2.75) is 13.1 Å². The molecule has 0 saturated carbocycles. The Morgan fingerprint density at radius 3 is 2.56 bits per heavy atom. The van der Waals surface area contributed by atoms with Crippen molar-refractivity contribution in [3.8, 4) is 10.4 Å². The zero-order valence-electron chi connectivity index (χ0n) is 14.8.